The summed E-state index contributed by atoms with van der Waals surface area (Å²) in [7, 11) is 0. The molecule has 1 aromatic carbocycles. The summed E-state index contributed by atoms with van der Waals surface area (Å²) < 4.78 is 50.4. The van der Waals surface area contributed by atoms with Crippen LogP contribution in [0.3, 0.4) is 0 Å². The number of piperidine rings is 1. The smallest absolute Gasteiger partial charge is 0.445 e. The molecule has 0 aromatic heterocycles. The number of rotatable bonds is 7. The number of benzene rings is 1. The van der Waals surface area contributed by atoms with Crippen molar-refractivity contribution in [3.63, 3.8) is 0 Å². The third-order valence-corrected chi connectivity index (χ3v) is 7.61. The zero-order valence-corrected chi connectivity index (χ0v) is 24.1. The second kappa shape index (κ2) is 12.7. The monoisotopic (exact) mass is 569 g/mol. The first-order chi connectivity index (χ1) is 18.5. The Morgan fingerprint density at radius 1 is 1.05 bits per heavy atom. The van der Waals surface area contributed by atoms with Gasteiger partial charge in [0.15, 0.2) is 0 Å². The van der Waals surface area contributed by atoms with Gasteiger partial charge >= 0.3 is 24.3 Å². The molecule has 3 amide bonds. The number of hydrogen-bond donors (Lipinski definition) is 1. The molecule has 2 aliphatic rings. The molecule has 0 spiro atoms. The summed E-state index contributed by atoms with van der Waals surface area (Å²) >= 11 is 0. The van der Waals surface area contributed by atoms with Crippen molar-refractivity contribution in [2.45, 2.75) is 96.7 Å². The van der Waals surface area contributed by atoms with Gasteiger partial charge in [0.2, 0.25) is 0 Å². The van der Waals surface area contributed by atoms with Crippen LogP contribution in [0.5, 0.6) is 0 Å². The Hall–Kier alpha value is -2.98. The molecule has 0 saturated carbocycles. The van der Waals surface area contributed by atoms with Gasteiger partial charge in [0.05, 0.1) is 0 Å². The highest BCUT2D eigenvalue weighted by Gasteiger charge is 2.44. The van der Waals surface area contributed by atoms with Crippen molar-refractivity contribution in [3.8, 4) is 0 Å². The van der Waals surface area contributed by atoms with Gasteiger partial charge in [-0.25, -0.2) is 9.59 Å². The van der Waals surface area contributed by atoms with E-state index in [1.165, 1.54) is 0 Å². The fourth-order valence-corrected chi connectivity index (χ4v) is 5.60. The first-order valence-electron chi connectivity index (χ1n) is 13.9. The first kappa shape index (κ1) is 31.5. The van der Waals surface area contributed by atoms with Crippen LogP contribution in [0.4, 0.5) is 22.8 Å². The molecule has 224 valence electrons. The predicted octanol–water partition coefficient (Wildman–Crippen LogP) is 5.90. The van der Waals surface area contributed by atoms with Crippen LogP contribution in [0.1, 0.15) is 72.3 Å². The molecule has 0 bridgehead atoms. The van der Waals surface area contributed by atoms with Crippen LogP contribution in [0.2, 0.25) is 0 Å². The van der Waals surface area contributed by atoms with Crippen molar-refractivity contribution in [2.75, 3.05) is 19.6 Å². The van der Waals surface area contributed by atoms with Crippen LogP contribution < -0.4 is 5.32 Å². The highest BCUT2D eigenvalue weighted by molar-refractivity contribution is 5.82. The zero-order valence-electron chi connectivity index (χ0n) is 24.1. The van der Waals surface area contributed by atoms with Crippen molar-refractivity contribution < 1.29 is 37.0 Å². The Labute approximate surface area is 234 Å². The number of amides is 3. The van der Waals surface area contributed by atoms with Crippen molar-refractivity contribution >= 4 is 18.1 Å². The molecular weight excluding hydrogens is 527 g/mol. The molecule has 40 heavy (non-hydrogen) atoms. The molecule has 2 aliphatic heterocycles. The van der Waals surface area contributed by atoms with Crippen molar-refractivity contribution in [1.82, 2.24) is 15.1 Å². The van der Waals surface area contributed by atoms with Gasteiger partial charge in [-0.2, -0.15) is 13.2 Å². The van der Waals surface area contributed by atoms with Gasteiger partial charge in [-0.15, -0.1) is 0 Å². The topological polar surface area (TPSA) is 88.2 Å². The number of alkyl halides is 3. The Morgan fingerprint density at radius 3 is 2.25 bits per heavy atom. The maximum absolute atomic E-state index is 13.1. The van der Waals surface area contributed by atoms with Crippen molar-refractivity contribution in [3.05, 3.63) is 35.9 Å². The molecule has 0 radical (unpaired) electrons. The van der Waals surface area contributed by atoms with Crippen LogP contribution in [0.25, 0.3) is 0 Å². The van der Waals surface area contributed by atoms with Crippen LogP contribution >= 0.6 is 0 Å². The minimum absolute atomic E-state index is 0.0564. The summed E-state index contributed by atoms with van der Waals surface area (Å²) in [6.45, 7) is 10.5. The van der Waals surface area contributed by atoms with Crippen molar-refractivity contribution in [2.24, 2.45) is 11.8 Å². The van der Waals surface area contributed by atoms with Crippen LogP contribution in [0.15, 0.2) is 30.3 Å². The van der Waals surface area contributed by atoms with E-state index >= 15 is 0 Å². The van der Waals surface area contributed by atoms with Gasteiger partial charge in [0.25, 0.3) is 0 Å². The largest absolute Gasteiger partial charge is 0.471 e. The van der Waals surface area contributed by atoms with E-state index in [4.69, 9.17) is 9.47 Å². The molecule has 2 fully saturated rings. The molecule has 3 rings (SSSR count). The summed E-state index contributed by atoms with van der Waals surface area (Å²) in [5, 5.41) is 2.22. The number of nitrogens with zero attached hydrogens (tertiary/aromatic N) is 2. The van der Waals surface area contributed by atoms with Crippen LogP contribution in [-0.2, 0) is 20.9 Å². The third kappa shape index (κ3) is 9.02. The van der Waals surface area contributed by atoms with E-state index in [9.17, 15) is 27.6 Å². The first-order valence-corrected chi connectivity index (χ1v) is 13.9. The molecule has 2 atom stereocenters. The molecule has 1 aromatic rings. The highest BCUT2D eigenvalue weighted by Crippen LogP contribution is 2.37. The summed E-state index contributed by atoms with van der Waals surface area (Å²) in [5.74, 6) is -2.12. The van der Waals surface area contributed by atoms with Gasteiger partial charge in [-0.05, 0) is 84.1 Å². The van der Waals surface area contributed by atoms with E-state index in [2.05, 4.69) is 5.32 Å². The van der Waals surface area contributed by atoms with E-state index in [1.54, 1.807) is 30.6 Å². The van der Waals surface area contributed by atoms with E-state index in [1.807, 2.05) is 44.2 Å². The highest BCUT2D eigenvalue weighted by atomic mass is 19.4. The van der Waals surface area contributed by atoms with E-state index in [0.29, 0.717) is 51.7 Å². The summed E-state index contributed by atoms with van der Waals surface area (Å²) in [5.41, 5.74) is -0.231. The number of hydrogen-bond acceptors (Lipinski definition) is 5. The van der Waals surface area contributed by atoms with Crippen LogP contribution in [0, 0.1) is 11.8 Å². The second-order valence-corrected chi connectivity index (χ2v) is 12.5. The Balaban J connectivity index is 1.58. The third-order valence-electron chi connectivity index (χ3n) is 7.61. The average Bonchev–Trinajstić information content (AvgIpc) is 3.18. The Kier molecular flexibility index (Phi) is 10.0. The van der Waals surface area contributed by atoms with E-state index in [-0.39, 0.29) is 18.4 Å². The average molecular weight is 570 g/mol. The Morgan fingerprint density at radius 2 is 1.68 bits per heavy atom. The number of carbonyl (C=O) groups is 3. The fourth-order valence-electron chi connectivity index (χ4n) is 5.60. The molecule has 1 N–H and O–H groups in total. The summed E-state index contributed by atoms with van der Waals surface area (Å²) in [6.07, 6.45) is -3.39. The predicted molar refractivity (Wildman–Crippen MR) is 143 cm³/mol. The lowest BCUT2D eigenvalue weighted by atomic mass is 9.84. The molecule has 2 saturated heterocycles. The molecule has 8 nitrogen and oxygen atoms in total. The van der Waals surface area contributed by atoms with Gasteiger partial charge in [0.1, 0.15) is 12.2 Å². The lowest BCUT2D eigenvalue weighted by Gasteiger charge is -2.36. The van der Waals surface area contributed by atoms with Gasteiger partial charge in [-0.3, -0.25) is 4.79 Å². The normalized spacial score (nSPS) is 20.6. The Bertz CT molecular complexity index is 1020. The molecular formula is C29H42F3N3O5. The van der Waals surface area contributed by atoms with E-state index < -0.39 is 41.5 Å². The lowest BCUT2D eigenvalue weighted by Crippen LogP contribution is -2.50. The molecule has 2 unspecified atom stereocenters. The lowest BCUT2D eigenvalue weighted by molar-refractivity contribution is -0.175. The van der Waals surface area contributed by atoms with Crippen molar-refractivity contribution in [1.29, 1.82) is 0 Å². The number of likely N-dealkylation sites (tertiary alicyclic amines) is 2. The molecule has 2 heterocycles. The minimum Gasteiger partial charge on any atom is -0.445 e. The summed E-state index contributed by atoms with van der Waals surface area (Å²) in [6, 6.07) is 8.58. The standard InChI is InChI=1S/C29H42F3N3O5/c1-27(2,3)40-26(38)35-18-21(17-28(35,4)5)11-12-23(33-24(36)29(30,31)32)22-13-15-34(16-14-22)25(37)39-19-20-9-7-6-8-10-20/h6-10,21-23H,11-19H2,1-5H3,(H,33,36). The van der Waals surface area contributed by atoms with Crippen LogP contribution in [-0.4, -0.2) is 70.9 Å². The maximum atomic E-state index is 13.1. The summed E-state index contributed by atoms with van der Waals surface area (Å²) in [4.78, 5) is 40.4. The number of ether oxygens (including phenoxy) is 2. The minimum atomic E-state index is -4.98. The van der Waals surface area contributed by atoms with Gasteiger partial charge in [0, 0.05) is 31.2 Å². The maximum Gasteiger partial charge on any atom is 0.471 e. The second-order valence-electron chi connectivity index (χ2n) is 12.5. The SMILES string of the molecule is CC(C)(C)OC(=O)N1CC(CCC(NC(=O)C(F)(F)F)C2CCN(C(=O)OCc3ccccc3)CC2)CC1(C)C. The molecule has 0 aliphatic carbocycles. The number of halogens is 3. The number of nitrogens with one attached hydrogen (secondary N) is 1. The number of carbonyl (C=O) groups excluding carboxylic acids is 3. The zero-order chi connectivity index (χ0) is 29.7. The van der Waals surface area contributed by atoms with E-state index in [0.717, 1.165) is 5.56 Å². The van der Waals surface area contributed by atoms with Gasteiger partial charge < -0.3 is 24.6 Å². The van der Waals surface area contributed by atoms with Gasteiger partial charge in [-0.1, -0.05) is 30.3 Å². The molecule has 11 heteroatoms. The fraction of sp³-hybridized carbons (Fsp3) is 0.690. The quantitative estimate of drug-likeness (QED) is 0.442.